The molecule has 0 atom stereocenters. The van der Waals surface area contributed by atoms with Gasteiger partial charge in [-0.25, -0.2) is 0 Å². The maximum atomic E-state index is 2.08. The van der Waals surface area contributed by atoms with Crippen LogP contribution < -0.4 is 0 Å². The van der Waals surface area contributed by atoms with E-state index in [9.17, 15) is 0 Å². The van der Waals surface area contributed by atoms with Crippen molar-refractivity contribution >= 4 is 0 Å². The maximum absolute atomic E-state index is 2.08. The summed E-state index contributed by atoms with van der Waals surface area (Å²) in [5.74, 6) is 1.42. The Labute approximate surface area is 49.5 Å². The molecule has 0 aliphatic heterocycles. The van der Waals surface area contributed by atoms with Gasteiger partial charge in [0.1, 0.15) is 0 Å². The molecule has 0 radical (unpaired) electrons. The summed E-state index contributed by atoms with van der Waals surface area (Å²) in [4.78, 5) is 0. The Kier molecular flexibility index (Phi) is 8.74. The van der Waals surface area contributed by atoms with Gasteiger partial charge in [0, 0.05) is 0 Å². The average molecular weight is 165 g/mol. The van der Waals surface area contributed by atoms with E-state index in [1.807, 2.05) is 0 Å². The molecular weight excluding hydrogens is 156 g/mol. The molecule has 5 heavy (non-hydrogen) atoms. The van der Waals surface area contributed by atoms with E-state index in [-0.39, 0.29) is 22.4 Å². The van der Waals surface area contributed by atoms with Gasteiger partial charge in [-0.3, -0.25) is 0 Å². The third-order valence-corrected chi connectivity index (χ3v) is 0. The minimum Gasteiger partial charge on any atom is -0.323 e. The van der Waals surface area contributed by atoms with Crippen LogP contribution in [0.15, 0.2) is 0 Å². The van der Waals surface area contributed by atoms with E-state index in [0.717, 1.165) is 0 Å². The van der Waals surface area contributed by atoms with E-state index in [1.165, 1.54) is 5.92 Å². The van der Waals surface area contributed by atoms with Crippen molar-refractivity contribution in [2.45, 2.75) is 20.8 Å². The van der Waals surface area contributed by atoms with Crippen molar-refractivity contribution in [3.8, 4) is 0 Å². The molecule has 0 aromatic rings. The standard InChI is InChI=1S/C4H9.Ag/c1-4(2)3;/h1-3H3;/q-1;+1. The first kappa shape index (κ1) is 9.22. The summed E-state index contributed by atoms with van der Waals surface area (Å²) in [6.45, 7) is 6.25. The molecule has 0 unspecified atom stereocenters. The predicted molar refractivity (Wildman–Crippen MR) is 20.3 cm³/mol. The molecule has 0 aliphatic rings. The fraction of sp³-hybridized carbons (Fsp3) is 0.750. The molecule has 0 fully saturated rings. The van der Waals surface area contributed by atoms with Crippen LogP contribution in [0.3, 0.4) is 0 Å². The summed E-state index contributed by atoms with van der Waals surface area (Å²) in [7, 11) is 0. The molecule has 0 heterocycles. The molecular formula is C4H9Ag. The zero-order valence-electron chi connectivity index (χ0n) is 3.80. The van der Waals surface area contributed by atoms with Crippen LogP contribution in [0, 0.1) is 5.92 Å². The molecule has 0 saturated carbocycles. The number of hydrogen-bond donors (Lipinski definition) is 0. The van der Waals surface area contributed by atoms with Crippen LogP contribution >= 0.6 is 0 Å². The second-order valence-corrected chi connectivity index (χ2v) is 1.50. The predicted octanol–water partition coefficient (Wildman–Crippen LogP) is 1.62. The first-order valence-corrected chi connectivity index (χ1v) is 1.50. The minimum atomic E-state index is 0. The Morgan fingerprint density at radius 1 is 1.00 bits per heavy atom. The van der Waals surface area contributed by atoms with Crippen LogP contribution in [0.4, 0.5) is 0 Å². The Bertz CT molecular complexity index is 8.36. The summed E-state index contributed by atoms with van der Waals surface area (Å²) in [5.41, 5.74) is 0. The largest absolute Gasteiger partial charge is 1.00 e. The van der Waals surface area contributed by atoms with Gasteiger partial charge >= 0.3 is 22.4 Å². The minimum absolute atomic E-state index is 0. The van der Waals surface area contributed by atoms with E-state index in [0.29, 0.717) is 0 Å². The van der Waals surface area contributed by atoms with Gasteiger partial charge in [0.15, 0.2) is 0 Å². The van der Waals surface area contributed by atoms with Gasteiger partial charge in [-0.1, -0.05) is 0 Å². The molecule has 0 amide bonds. The van der Waals surface area contributed by atoms with E-state index in [2.05, 4.69) is 20.8 Å². The fourth-order valence-electron chi connectivity index (χ4n) is 0. The van der Waals surface area contributed by atoms with Gasteiger partial charge in [-0.15, -0.1) is 0 Å². The Morgan fingerprint density at radius 2 is 1.00 bits per heavy atom. The van der Waals surface area contributed by atoms with Crippen LogP contribution in [0.5, 0.6) is 0 Å². The van der Waals surface area contributed by atoms with Crippen molar-refractivity contribution in [1.82, 2.24) is 0 Å². The summed E-state index contributed by atoms with van der Waals surface area (Å²) >= 11 is 0. The Morgan fingerprint density at radius 3 is 1.00 bits per heavy atom. The van der Waals surface area contributed by atoms with Crippen molar-refractivity contribution in [3.63, 3.8) is 0 Å². The second-order valence-electron chi connectivity index (χ2n) is 1.50. The van der Waals surface area contributed by atoms with Gasteiger partial charge in [-0.05, 0) is 0 Å². The molecule has 1 heteroatoms. The second kappa shape index (κ2) is 4.74. The molecule has 36 valence electrons. The van der Waals surface area contributed by atoms with Gasteiger partial charge in [-0.2, -0.15) is 20.8 Å². The molecule has 0 nitrogen and oxygen atoms in total. The molecule has 0 saturated heterocycles. The monoisotopic (exact) mass is 164 g/mol. The molecule has 0 aromatic heterocycles. The van der Waals surface area contributed by atoms with Crippen molar-refractivity contribution < 1.29 is 22.4 Å². The molecule has 0 aromatic carbocycles. The quantitative estimate of drug-likeness (QED) is 0.378. The summed E-state index contributed by atoms with van der Waals surface area (Å²) < 4.78 is 0. The Balaban J connectivity index is 0. The molecule has 0 bridgehead atoms. The first-order valence-electron chi connectivity index (χ1n) is 1.50. The zero-order chi connectivity index (χ0) is 3.58. The zero-order valence-corrected chi connectivity index (χ0v) is 5.28. The van der Waals surface area contributed by atoms with E-state index in [4.69, 9.17) is 0 Å². The topological polar surface area (TPSA) is 0 Å². The van der Waals surface area contributed by atoms with Crippen molar-refractivity contribution in [3.05, 3.63) is 5.92 Å². The molecule has 0 rings (SSSR count). The van der Waals surface area contributed by atoms with E-state index >= 15 is 0 Å². The van der Waals surface area contributed by atoms with Crippen molar-refractivity contribution in [1.29, 1.82) is 0 Å². The van der Waals surface area contributed by atoms with Crippen LogP contribution in [0.25, 0.3) is 0 Å². The summed E-state index contributed by atoms with van der Waals surface area (Å²) in [5, 5.41) is 0. The smallest absolute Gasteiger partial charge is 0.323 e. The van der Waals surface area contributed by atoms with Crippen LogP contribution in [0.1, 0.15) is 20.8 Å². The van der Waals surface area contributed by atoms with Gasteiger partial charge in [0.05, 0.1) is 0 Å². The number of hydrogen-bond acceptors (Lipinski definition) is 0. The molecule has 0 aliphatic carbocycles. The third-order valence-electron chi connectivity index (χ3n) is 0. The van der Waals surface area contributed by atoms with Crippen LogP contribution in [-0.2, 0) is 22.4 Å². The van der Waals surface area contributed by atoms with Crippen molar-refractivity contribution in [2.75, 3.05) is 0 Å². The SMILES string of the molecule is C[C-](C)C.[Ag+]. The third kappa shape index (κ3) is 65.0. The first-order chi connectivity index (χ1) is 1.73. The maximum Gasteiger partial charge on any atom is 1.00 e. The van der Waals surface area contributed by atoms with E-state index < -0.39 is 0 Å². The molecule has 0 spiro atoms. The van der Waals surface area contributed by atoms with Gasteiger partial charge < -0.3 is 5.92 Å². The Hall–Kier alpha value is 0.740. The summed E-state index contributed by atoms with van der Waals surface area (Å²) in [6, 6.07) is 0. The van der Waals surface area contributed by atoms with Crippen LogP contribution in [0.2, 0.25) is 0 Å². The molecule has 0 N–H and O–H groups in total. The fourth-order valence-corrected chi connectivity index (χ4v) is 0. The summed E-state index contributed by atoms with van der Waals surface area (Å²) in [6.07, 6.45) is 0. The van der Waals surface area contributed by atoms with Crippen molar-refractivity contribution in [2.24, 2.45) is 0 Å². The van der Waals surface area contributed by atoms with Gasteiger partial charge in [0.2, 0.25) is 0 Å². The average Bonchev–Trinajstić information content (AvgIpc) is 0.811. The van der Waals surface area contributed by atoms with Crippen LogP contribution in [-0.4, -0.2) is 0 Å². The van der Waals surface area contributed by atoms with Gasteiger partial charge in [0.25, 0.3) is 0 Å². The number of rotatable bonds is 0. The normalized spacial score (nSPS) is 7.20. The van der Waals surface area contributed by atoms with E-state index in [1.54, 1.807) is 0 Å².